The Labute approximate surface area is 141 Å². The van der Waals surface area contributed by atoms with E-state index in [2.05, 4.69) is 49.3 Å². The summed E-state index contributed by atoms with van der Waals surface area (Å²) >= 11 is 6.93. The van der Waals surface area contributed by atoms with Gasteiger partial charge in [0, 0.05) is 21.2 Å². The zero-order valence-corrected chi connectivity index (χ0v) is 14.7. The van der Waals surface area contributed by atoms with Crippen molar-refractivity contribution in [3.63, 3.8) is 0 Å². The van der Waals surface area contributed by atoms with Crippen LogP contribution in [0.3, 0.4) is 0 Å². The second-order valence-corrected chi connectivity index (χ2v) is 6.17. The molecule has 0 saturated carbocycles. The van der Waals surface area contributed by atoms with Crippen LogP contribution in [0.2, 0.25) is 0 Å². The Bertz CT molecular complexity index is 644. The number of ether oxygens (including phenoxy) is 1. The SMILES string of the molecule is CCOC(=O)c1ccc(NCc2cccc(Br)c2)c(Br)c1. The molecular weight excluding hydrogens is 398 g/mol. The van der Waals surface area contributed by atoms with Gasteiger partial charge in [-0.05, 0) is 58.7 Å². The van der Waals surface area contributed by atoms with Crippen molar-refractivity contribution in [1.29, 1.82) is 0 Å². The molecule has 5 heteroatoms. The Balaban J connectivity index is 2.06. The molecule has 0 heterocycles. The number of nitrogens with one attached hydrogen (secondary N) is 1. The van der Waals surface area contributed by atoms with Gasteiger partial charge in [0.2, 0.25) is 0 Å². The van der Waals surface area contributed by atoms with Crippen LogP contribution in [0.5, 0.6) is 0 Å². The van der Waals surface area contributed by atoms with E-state index in [-0.39, 0.29) is 5.97 Å². The third-order valence-electron chi connectivity index (χ3n) is 2.85. The summed E-state index contributed by atoms with van der Waals surface area (Å²) in [7, 11) is 0. The summed E-state index contributed by atoms with van der Waals surface area (Å²) < 4.78 is 6.87. The van der Waals surface area contributed by atoms with Gasteiger partial charge in [0.25, 0.3) is 0 Å². The highest BCUT2D eigenvalue weighted by Gasteiger charge is 2.09. The molecule has 2 aromatic rings. The van der Waals surface area contributed by atoms with Gasteiger partial charge in [0.1, 0.15) is 0 Å². The van der Waals surface area contributed by atoms with Gasteiger partial charge >= 0.3 is 5.97 Å². The molecule has 1 N–H and O–H groups in total. The third kappa shape index (κ3) is 4.58. The molecule has 0 unspecified atom stereocenters. The van der Waals surface area contributed by atoms with E-state index in [1.54, 1.807) is 19.1 Å². The van der Waals surface area contributed by atoms with Crippen LogP contribution in [-0.2, 0) is 11.3 Å². The molecule has 0 bridgehead atoms. The maximum atomic E-state index is 11.7. The highest BCUT2D eigenvalue weighted by molar-refractivity contribution is 9.10. The molecule has 2 aromatic carbocycles. The summed E-state index contributed by atoms with van der Waals surface area (Å²) in [6, 6.07) is 13.5. The molecule has 0 fully saturated rings. The van der Waals surface area contributed by atoms with E-state index in [4.69, 9.17) is 4.74 Å². The Hall–Kier alpha value is -1.33. The molecule has 0 aliphatic carbocycles. The fourth-order valence-corrected chi connectivity index (χ4v) is 2.81. The first-order valence-electron chi connectivity index (χ1n) is 6.55. The fraction of sp³-hybridized carbons (Fsp3) is 0.188. The van der Waals surface area contributed by atoms with Crippen LogP contribution >= 0.6 is 31.9 Å². The Morgan fingerprint density at radius 1 is 1.19 bits per heavy atom. The van der Waals surface area contributed by atoms with E-state index in [1.807, 2.05) is 18.2 Å². The minimum absolute atomic E-state index is 0.309. The second-order valence-electron chi connectivity index (χ2n) is 4.40. The minimum Gasteiger partial charge on any atom is -0.462 e. The number of hydrogen-bond donors (Lipinski definition) is 1. The zero-order valence-electron chi connectivity index (χ0n) is 11.5. The van der Waals surface area contributed by atoms with Crippen LogP contribution in [-0.4, -0.2) is 12.6 Å². The number of halogens is 2. The highest BCUT2D eigenvalue weighted by atomic mass is 79.9. The standard InChI is InChI=1S/C16H15Br2NO2/c1-2-21-16(20)12-6-7-15(14(18)9-12)19-10-11-4-3-5-13(17)8-11/h3-9,19H,2,10H2,1H3. The van der Waals surface area contributed by atoms with E-state index in [9.17, 15) is 4.79 Å². The summed E-state index contributed by atoms with van der Waals surface area (Å²) in [5, 5.41) is 3.33. The number of esters is 1. The lowest BCUT2D eigenvalue weighted by Gasteiger charge is -2.10. The van der Waals surface area contributed by atoms with Crippen LogP contribution < -0.4 is 5.32 Å². The van der Waals surface area contributed by atoms with Crippen molar-refractivity contribution in [3.05, 3.63) is 62.5 Å². The Kier molecular flexibility index (Phi) is 5.82. The van der Waals surface area contributed by atoms with Crippen molar-refractivity contribution in [3.8, 4) is 0 Å². The van der Waals surface area contributed by atoms with Crippen LogP contribution in [0.15, 0.2) is 51.4 Å². The maximum absolute atomic E-state index is 11.7. The first-order valence-corrected chi connectivity index (χ1v) is 8.13. The molecule has 2 rings (SSSR count). The van der Waals surface area contributed by atoms with Gasteiger partial charge in [-0.15, -0.1) is 0 Å². The highest BCUT2D eigenvalue weighted by Crippen LogP contribution is 2.25. The van der Waals surface area contributed by atoms with Crippen LogP contribution in [0.25, 0.3) is 0 Å². The molecule has 0 aliphatic rings. The molecule has 0 aromatic heterocycles. The normalized spacial score (nSPS) is 10.2. The predicted octanol–water partition coefficient (Wildman–Crippen LogP) is 5.00. The summed E-state index contributed by atoms with van der Waals surface area (Å²) in [5.41, 5.74) is 2.64. The van der Waals surface area contributed by atoms with Crippen molar-refractivity contribution < 1.29 is 9.53 Å². The van der Waals surface area contributed by atoms with E-state index in [0.29, 0.717) is 18.7 Å². The first kappa shape index (κ1) is 16.0. The summed E-state index contributed by atoms with van der Waals surface area (Å²) in [5.74, 6) is -0.309. The molecule has 0 aliphatic heterocycles. The van der Waals surface area contributed by atoms with Crippen molar-refractivity contribution in [2.24, 2.45) is 0 Å². The zero-order chi connectivity index (χ0) is 15.2. The molecule has 0 radical (unpaired) electrons. The molecule has 0 saturated heterocycles. The van der Waals surface area contributed by atoms with Crippen LogP contribution in [0.4, 0.5) is 5.69 Å². The van der Waals surface area contributed by atoms with Gasteiger partial charge in [-0.2, -0.15) is 0 Å². The molecule has 110 valence electrons. The summed E-state index contributed by atoms with van der Waals surface area (Å²) in [4.78, 5) is 11.7. The number of carbonyl (C=O) groups is 1. The molecule has 21 heavy (non-hydrogen) atoms. The third-order valence-corrected chi connectivity index (χ3v) is 4.00. The van der Waals surface area contributed by atoms with Crippen LogP contribution in [0.1, 0.15) is 22.8 Å². The number of anilines is 1. The van der Waals surface area contributed by atoms with Crippen LogP contribution in [0, 0.1) is 0 Å². The molecule has 0 amide bonds. The lowest BCUT2D eigenvalue weighted by atomic mass is 10.2. The number of carbonyl (C=O) groups excluding carboxylic acids is 1. The van der Waals surface area contributed by atoms with Gasteiger partial charge in [-0.3, -0.25) is 0 Å². The van der Waals surface area contributed by atoms with Crippen molar-refractivity contribution in [2.45, 2.75) is 13.5 Å². The summed E-state index contributed by atoms with van der Waals surface area (Å²) in [6.45, 7) is 2.87. The average Bonchev–Trinajstić information content (AvgIpc) is 2.46. The maximum Gasteiger partial charge on any atom is 0.338 e. The monoisotopic (exact) mass is 411 g/mol. The van der Waals surface area contributed by atoms with Crippen molar-refractivity contribution >= 4 is 43.5 Å². The van der Waals surface area contributed by atoms with E-state index < -0.39 is 0 Å². The van der Waals surface area contributed by atoms with Crippen molar-refractivity contribution in [1.82, 2.24) is 0 Å². The average molecular weight is 413 g/mol. The van der Waals surface area contributed by atoms with Gasteiger partial charge in [-0.1, -0.05) is 28.1 Å². The molecule has 3 nitrogen and oxygen atoms in total. The molecular formula is C16H15Br2NO2. The fourth-order valence-electron chi connectivity index (χ4n) is 1.84. The number of benzene rings is 2. The predicted molar refractivity (Wildman–Crippen MR) is 91.6 cm³/mol. The van der Waals surface area contributed by atoms with Crippen molar-refractivity contribution in [2.75, 3.05) is 11.9 Å². The topological polar surface area (TPSA) is 38.3 Å². The van der Waals surface area contributed by atoms with E-state index in [1.165, 1.54) is 5.56 Å². The minimum atomic E-state index is -0.309. The van der Waals surface area contributed by atoms with Gasteiger partial charge in [0.15, 0.2) is 0 Å². The first-order chi connectivity index (χ1) is 10.1. The molecule has 0 atom stereocenters. The Morgan fingerprint density at radius 2 is 2.00 bits per heavy atom. The van der Waals surface area contributed by atoms with E-state index >= 15 is 0 Å². The quantitative estimate of drug-likeness (QED) is 0.702. The van der Waals surface area contributed by atoms with Gasteiger partial charge in [0.05, 0.1) is 12.2 Å². The Morgan fingerprint density at radius 3 is 2.67 bits per heavy atom. The largest absolute Gasteiger partial charge is 0.462 e. The smallest absolute Gasteiger partial charge is 0.338 e. The lowest BCUT2D eigenvalue weighted by molar-refractivity contribution is 0.0526. The molecule has 0 spiro atoms. The van der Waals surface area contributed by atoms with E-state index in [0.717, 1.165) is 14.6 Å². The van der Waals surface area contributed by atoms with Gasteiger partial charge < -0.3 is 10.1 Å². The second kappa shape index (κ2) is 7.61. The summed E-state index contributed by atoms with van der Waals surface area (Å²) in [6.07, 6.45) is 0. The number of rotatable bonds is 5. The number of hydrogen-bond acceptors (Lipinski definition) is 3. The van der Waals surface area contributed by atoms with Gasteiger partial charge in [-0.25, -0.2) is 4.79 Å². The lowest BCUT2D eigenvalue weighted by Crippen LogP contribution is -2.05.